The number of Topliss-reactive ketones (excluding diaryl/α,β-unsaturated/α-hetero) is 1. The van der Waals surface area contributed by atoms with E-state index >= 15 is 0 Å². The number of thiazole rings is 1. The van der Waals surface area contributed by atoms with E-state index in [0.717, 1.165) is 69.9 Å². The van der Waals surface area contributed by atoms with Gasteiger partial charge in [-0.2, -0.15) is 0 Å². The molecule has 0 N–H and O–H groups in total. The second kappa shape index (κ2) is 10.6. The molecule has 2 atom stereocenters. The van der Waals surface area contributed by atoms with Crippen LogP contribution in [0, 0.1) is 0 Å². The molecule has 7 rings (SSSR count). The summed E-state index contributed by atoms with van der Waals surface area (Å²) < 4.78 is 13.3. The van der Waals surface area contributed by atoms with Gasteiger partial charge in [0.2, 0.25) is 0 Å². The van der Waals surface area contributed by atoms with Crippen molar-refractivity contribution in [2.45, 2.75) is 57.6 Å². The molecule has 0 aliphatic carbocycles. The average Bonchev–Trinajstić information content (AvgIpc) is 3.78. The number of imidazole rings is 1. The highest BCUT2D eigenvalue weighted by molar-refractivity contribution is 7.23. The first-order chi connectivity index (χ1) is 20.2. The monoisotopic (exact) mass is 584 g/mol. The molecule has 2 aliphatic rings. The highest BCUT2D eigenvalue weighted by Gasteiger charge is 2.38. The van der Waals surface area contributed by atoms with Gasteiger partial charge in [0.05, 0.1) is 36.0 Å². The van der Waals surface area contributed by atoms with Crippen molar-refractivity contribution in [1.29, 1.82) is 0 Å². The molecule has 42 heavy (non-hydrogen) atoms. The molecule has 2 aliphatic heterocycles. The van der Waals surface area contributed by atoms with E-state index in [-0.39, 0.29) is 17.6 Å². The van der Waals surface area contributed by atoms with Gasteiger partial charge >= 0.3 is 0 Å². The Balaban J connectivity index is 0.994. The number of pyridine rings is 1. The fourth-order valence-electron chi connectivity index (χ4n) is 5.91. The van der Waals surface area contributed by atoms with Crippen LogP contribution in [-0.4, -0.2) is 75.6 Å². The highest BCUT2D eigenvalue weighted by atomic mass is 32.1. The van der Waals surface area contributed by atoms with Gasteiger partial charge in [0, 0.05) is 62.4 Å². The Morgan fingerprint density at radius 1 is 1.12 bits per heavy atom. The number of nitrogens with zero attached hydrogens (tertiary/aromatic N) is 6. The molecule has 0 saturated carbocycles. The molecule has 0 spiro atoms. The first kappa shape index (κ1) is 27.2. The summed E-state index contributed by atoms with van der Waals surface area (Å²) in [6.07, 6.45) is 4.31. The van der Waals surface area contributed by atoms with Gasteiger partial charge in [0.1, 0.15) is 22.2 Å². The zero-order valence-corrected chi connectivity index (χ0v) is 25.4. The standard InChI is InChI=1S/C32H36N6O3S/c1-32(2,3)28-15-22(35-41-28)14-24(39)13-20-5-7-21(8-6-20)26-18-38-27-9-10-29(34-30(27)42-31(38)33-26)36(4)11-12-37-17-25-16-23(37)19-40-25/h5-10,15,18,23,25H,11-14,16-17,19H2,1-4H3/t23-,25-/m0/s1. The van der Waals surface area contributed by atoms with Gasteiger partial charge in [0.25, 0.3) is 0 Å². The van der Waals surface area contributed by atoms with Gasteiger partial charge in [0.15, 0.2) is 4.96 Å². The predicted octanol–water partition coefficient (Wildman–Crippen LogP) is 5.16. The summed E-state index contributed by atoms with van der Waals surface area (Å²) in [5.74, 6) is 1.89. The van der Waals surface area contributed by atoms with Crippen LogP contribution in [0.15, 0.2) is 53.2 Å². The molecule has 6 heterocycles. The molecule has 5 aromatic rings. The molecular weight excluding hydrogens is 548 g/mol. The first-order valence-electron chi connectivity index (χ1n) is 14.6. The van der Waals surface area contributed by atoms with Crippen LogP contribution in [0.4, 0.5) is 5.82 Å². The van der Waals surface area contributed by atoms with E-state index in [0.29, 0.717) is 24.3 Å². The summed E-state index contributed by atoms with van der Waals surface area (Å²) in [5.41, 5.74) is 4.52. The summed E-state index contributed by atoms with van der Waals surface area (Å²) in [4.78, 5) is 29.2. The smallest absolute Gasteiger partial charge is 0.196 e. The van der Waals surface area contributed by atoms with E-state index in [4.69, 9.17) is 19.2 Å². The van der Waals surface area contributed by atoms with Crippen LogP contribution in [-0.2, 0) is 27.8 Å². The second-order valence-corrected chi connectivity index (χ2v) is 13.6. The number of ketones is 1. The maximum Gasteiger partial charge on any atom is 0.196 e. The number of ether oxygens (including phenoxy) is 1. The number of morpholine rings is 1. The normalized spacial score (nSPS) is 19.0. The fourth-order valence-corrected chi connectivity index (χ4v) is 6.88. The zero-order valence-electron chi connectivity index (χ0n) is 24.5. The van der Waals surface area contributed by atoms with Crippen molar-refractivity contribution in [3.05, 3.63) is 65.7 Å². The van der Waals surface area contributed by atoms with Crippen LogP contribution in [0.25, 0.3) is 26.6 Å². The van der Waals surface area contributed by atoms with E-state index in [1.165, 1.54) is 6.42 Å². The number of hydrogen-bond donors (Lipinski definition) is 0. The summed E-state index contributed by atoms with van der Waals surface area (Å²) >= 11 is 1.61. The second-order valence-electron chi connectivity index (χ2n) is 12.7. The lowest BCUT2D eigenvalue weighted by molar-refractivity contribution is -0.117. The van der Waals surface area contributed by atoms with Crippen LogP contribution in [0.3, 0.4) is 0 Å². The highest BCUT2D eigenvalue weighted by Crippen LogP contribution is 2.31. The minimum Gasteiger partial charge on any atom is -0.375 e. The number of carbonyl (C=O) groups excluding carboxylic acids is 1. The van der Waals surface area contributed by atoms with Gasteiger partial charge in [-0.3, -0.25) is 14.1 Å². The van der Waals surface area contributed by atoms with Crippen molar-refractivity contribution in [2.75, 3.05) is 38.2 Å². The summed E-state index contributed by atoms with van der Waals surface area (Å²) in [6, 6.07) is 14.8. The zero-order chi connectivity index (χ0) is 29.0. The van der Waals surface area contributed by atoms with Crippen molar-refractivity contribution >= 4 is 38.2 Å². The Labute approximate surface area is 249 Å². The SMILES string of the molecule is CN(CCN1C[C@@H]2C[C@H]1CO2)c1ccc2c(n1)sc1nc(-c3ccc(CC(=O)Cc4cc(C(C)(C)C)on4)cc3)cn12. The van der Waals surface area contributed by atoms with E-state index in [1.54, 1.807) is 11.3 Å². The molecule has 218 valence electrons. The Kier molecular flexibility index (Phi) is 6.87. The number of anilines is 1. The molecule has 10 heteroatoms. The summed E-state index contributed by atoms with van der Waals surface area (Å²) in [6.45, 7) is 10.1. The molecule has 9 nitrogen and oxygen atoms in total. The Hall–Kier alpha value is -3.60. The predicted molar refractivity (Wildman–Crippen MR) is 164 cm³/mol. The minimum absolute atomic E-state index is 0.112. The largest absolute Gasteiger partial charge is 0.375 e. The number of benzene rings is 1. The van der Waals surface area contributed by atoms with E-state index in [2.05, 4.69) is 65.5 Å². The molecule has 1 aromatic carbocycles. The number of rotatable bonds is 9. The minimum atomic E-state index is -0.127. The van der Waals surface area contributed by atoms with Crippen molar-refractivity contribution in [2.24, 2.45) is 0 Å². The first-order valence-corrected chi connectivity index (χ1v) is 15.4. The van der Waals surface area contributed by atoms with Gasteiger partial charge in [-0.25, -0.2) is 9.97 Å². The van der Waals surface area contributed by atoms with Crippen LogP contribution in [0.2, 0.25) is 0 Å². The van der Waals surface area contributed by atoms with Crippen LogP contribution in [0.5, 0.6) is 0 Å². The van der Waals surface area contributed by atoms with Gasteiger partial charge < -0.3 is 14.2 Å². The third-order valence-electron chi connectivity index (χ3n) is 8.40. The molecule has 0 radical (unpaired) electrons. The fraction of sp³-hybridized carbons (Fsp3) is 0.438. The van der Waals surface area contributed by atoms with E-state index in [1.807, 2.05) is 30.3 Å². The number of likely N-dealkylation sites (N-methyl/N-ethyl adjacent to an activating group) is 1. The van der Waals surface area contributed by atoms with E-state index < -0.39 is 0 Å². The van der Waals surface area contributed by atoms with Crippen LogP contribution in [0.1, 0.15) is 44.2 Å². The average molecular weight is 585 g/mol. The lowest BCUT2D eigenvalue weighted by atomic mass is 9.93. The molecule has 0 unspecified atom stereocenters. The lowest BCUT2D eigenvalue weighted by Gasteiger charge is -2.29. The van der Waals surface area contributed by atoms with E-state index in [9.17, 15) is 4.79 Å². The van der Waals surface area contributed by atoms with Gasteiger partial charge in [-0.1, -0.05) is 61.5 Å². The number of carbonyl (C=O) groups is 1. The third-order valence-corrected chi connectivity index (χ3v) is 9.37. The van der Waals surface area contributed by atoms with Crippen LogP contribution >= 0.6 is 11.3 Å². The van der Waals surface area contributed by atoms with Crippen molar-refractivity contribution in [3.8, 4) is 11.3 Å². The van der Waals surface area contributed by atoms with Crippen molar-refractivity contribution in [1.82, 2.24) is 24.4 Å². The van der Waals surface area contributed by atoms with Crippen LogP contribution < -0.4 is 4.90 Å². The maximum absolute atomic E-state index is 12.7. The number of hydrogen-bond acceptors (Lipinski definition) is 9. The molecule has 4 aromatic heterocycles. The number of aromatic nitrogens is 4. The molecule has 2 bridgehead atoms. The summed E-state index contributed by atoms with van der Waals surface area (Å²) in [7, 11) is 2.12. The Morgan fingerprint density at radius 3 is 2.67 bits per heavy atom. The molecule has 0 amide bonds. The van der Waals surface area contributed by atoms with Gasteiger partial charge in [-0.05, 0) is 24.1 Å². The third kappa shape index (κ3) is 5.34. The number of fused-ring (bicyclic) bond motifs is 5. The summed E-state index contributed by atoms with van der Waals surface area (Å²) in [5, 5.41) is 4.08. The maximum atomic E-state index is 12.7. The number of likely N-dealkylation sites (tertiary alicyclic amines) is 1. The Morgan fingerprint density at radius 2 is 1.95 bits per heavy atom. The molecule has 2 saturated heterocycles. The quantitative estimate of drug-likeness (QED) is 0.235. The Bertz CT molecular complexity index is 1750. The molecular formula is C32H36N6O3S. The van der Waals surface area contributed by atoms with Crippen molar-refractivity contribution in [3.63, 3.8) is 0 Å². The lowest BCUT2D eigenvalue weighted by Crippen LogP contribution is -2.41. The van der Waals surface area contributed by atoms with Gasteiger partial charge in [-0.15, -0.1) is 0 Å². The topological polar surface area (TPSA) is 89.0 Å². The van der Waals surface area contributed by atoms with Crippen molar-refractivity contribution < 1.29 is 14.1 Å². The molecule has 2 fully saturated rings.